The number of benzene rings is 2. The van der Waals surface area contributed by atoms with E-state index in [1.165, 1.54) is 12.1 Å². The minimum atomic E-state index is -0.599. The van der Waals surface area contributed by atoms with Crippen molar-refractivity contribution in [1.82, 2.24) is 0 Å². The molecule has 0 radical (unpaired) electrons. The Labute approximate surface area is 138 Å². The Morgan fingerprint density at radius 3 is 2.48 bits per heavy atom. The van der Waals surface area contributed by atoms with Gasteiger partial charge in [-0.25, -0.2) is 0 Å². The van der Waals surface area contributed by atoms with Crippen LogP contribution in [0.25, 0.3) is 0 Å². The first kappa shape index (κ1) is 15.9. The van der Waals surface area contributed by atoms with Crippen molar-refractivity contribution in [3.63, 3.8) is 0 Å². The van der Waals surface area contributed by atoms with Crippen molar-refractivity contribution in [3.05, 3.63) is 61.0 Å². The van der Waals surface area contributed by atoms with Crippen LogP contribution in [0.5, 0.6) is 11.5 Å². The number of halogens is 2. The lowest BCUT2D eigenvalue weighted by molar-refractivity contribution is -0.384. The SMILES string of the molecule is CC(O)c1ccc(Oc2cc([N+](=O)[O-])ccc2Br)cc1Br. The largest absolute Gasteiger partial charge is 0.456 e. The third-order valence-electron chi connectivity index (χ3n) is 2.78. The van der Waals surface area contributed by atoms with Crippen LogP contribution < -0.4 is 4.74 Å². The van der Waals surface area contributed by atoms with E-state index in [-0.39, 0.29) is 5.69 Å². The highest BCUT2D eigenvalue weighted by Gasteiger charge is 2.13. The summed E-state index contributed by atoms with van der Waals surface area (Å²) in [6.07, 6.45) is -0.599. The van der Waals surface area contributed by atoms with E-state index in [4.69, 9.17) is 4.74 Å². The van der Waals surface area contributed by atoms with E-state index in [9.17, 15) is 15.2 Å². The summed E-state index contributed by atoms with van der Waals surface area (Å²) in [6.45, 7) is 1.66. The van der Waals surface area contributed by atoms with E-state index in [2.05, 4.69) is 31.9 Å². The molecule has 0 aliphatic rings. The molecule has 0 aliphatic heterocycles. The highest BCUT2D eigenvalue weighted by molar-refractivity contribution is 9.10. The number of nitro groups is 1. The van der Waals surface area contributed by atoms with E-state index >= 15 is 0 Å². The monoisotopic (exact) mass is 415 g/mol. The number of nitro benzene ring substituents is 1. The molecule has 0 aliphatic carbocycles. The van der Waals surface area contributed by atoms with E-state index in [0.29, 0.717) is 20.4 Å². The van der Waals surface area contributed by atoms with Crippen molar-refractivity contribution in [1.29, 1.82) is 0 Å². The predicted octanol–water partition coefficient (Wildman–Crippen LogP) is 4.97. The lowest BCUT2D eigenvalue weighted by atomic mass is 10.1. The molecule has 2 rings (SSSR count). The van der Waals surface area contributed by atoms with Crippen molar-refractivity contribution >= 4 is 37.5 Å². The van der Waals surface area contributed by atoms with Gasteiger partial charge in [-0.3, -0.25) is 10.1 Å². The second-order valence-electron chi connectivity index (χ2n) is 4.33. The van der Waals surface area contributed by atoms with Gasteiger partial charge in [0.25, 0.3) is 5.69 Å². The molecule has 5 nitrogen and oxygen atoms in total. The van der Waals surface area contributed by atoms with Gasteiger partial charge in [-0.1, -0.05) is 22.0 Å². The van der Waals surface area contributed by atoms with Crippen LogP contribution in [0.15, 0.2) is 45.3 Å². The summed E-state index contributed by atoms with van der Waals surface area (Å²) in [7, 11) is 0. The van der Waals surface area contributed by atoms with Gasteiger partial charge in [0.05, 0.1) is 21.6 Å². The van der Waals surface area contributed by atoms with Crippen LogP contribution in [0.3, 0.4) is 0 Å². The quantitative estimate of drug-likeness (QED) is 0.564. The van der Waals surface area contributed by atoms with Crippen molar-refractivity contribution in [3.8, 4) is 11.5 Å². The third kappa shape index (κ3) is 3.81. The summed E-state index contributed by atoms with van der Waals surface area (Å²) in [5.41, 5.74) is 0.688. The molecule has 0 heterocycles. The molecule has 7 heteroatoms. The first-order valence-electron chi connectivity index (χ1n) is 5.98. The standard InChI is InChI=1S/C14H11Br2NO4/c1-8(18)11-4-3-10(7-13(11)16)21-14-6-9(17(19)20)2-5-12(14)15/h2-8,18H,1H3. The van der Waals surface area contributed by atoms with Crippen LogP contribution in [0, 0.1) is 10.1 Å². The topological polar surface area (TPSA) is 72.6 Å². The average molecular weight is 417 g/mol. The molecule has 21 heavy (non-hydrogen) atoms. The molecule has 1 unspecified atom stereocenters. The molecule has 1 N–H and O–H groups in total. The molecule has 0 bridgehead atoms. The maximum atomic E-state index is 10.8. The molecule has 0 saturated carbocycles. The molecular formula is C14H11Br2NO4. The maximum Gasteiger partial charge on any atom is 0.273 e. The van der Waals surface area contributed by atoms with E-state index in [1.54, 1.807) is 31.2 Å². The molecule has 1 atom stereocenters. The summed E-state index contributed by atoms with van der Waals surface area (Å²) in [6, 6.07) is 9.43. The molecular weight excluding hydrogens is 406 g/mol. The zero-order valence-electron chi connectivity index (χ0n) is 10.9. The van der Waals surface area contributed by atoms with Crippen molar-refractivity contribution in [2.75, 3.05) is 0 Å². The fourth-order valence-corrected chi connectivity index (χ4v) is 2.74. The van der Waals surface area contributed by atoms with Crippen molar-refractivity contribution in [2.45, 2.75) is 13.0 Å². The van der Waals surface area contributed by atoms with E-state index in [1.807, 2.05) is 0 Å². The number of hydrogen-bond acceptors (Lipinski definition) is 4. The van der Waals surface area contributed by atoms with Crippen molar-refractivity contribution in [2.24, 2.45) is 0 Å². The second-order valence-corrected chi connectivity index (χ2v) is 6.04. The fourth-order valence-electron chi connectivity index (χ4n) is 1.72. The summed E-state index contributed by atoms with van der Waals surface area (Å²) >= 11 is 6.65. The number of nitrogens with zero attached hydrogens (tertiary/aromatic N) is 1. The Hall–Kier alpha value is -1.44. The highest BCUT2D eigenvalue weighted by atomic mass is 79.9. The summed E-state index contributed by atoms with van der Waals surface area (Å²) in [4.78, 5) is 10.3. The Morgan fingerprint density at radius 1 is 1.19 bits per heavy atom. The lowest BCUT2D eigenvalue weighted by Gasteiger charge is -2.11. The van der Waals surface area contributed by atoms with E-state index in [0.717, 1.165) is 5.56 Å². The van der Waals surface area contributed by atoms with Gasteiger partial charge in [0.2, 0.25) is 0 Å². The molecule has 0 amide bonds. The van der Waals surface area contributed by atoms with Crippen LogP contribution in [-0.2, 0) is 0 Å². The molecule has 0 aromatic heterocycles. The van der Waals surface area contributed by atoms with Gasteiger partial charge < -0.3 is 9.84 Å². The average Bonchev–Trinajstić information content (AvgIpc) is 2.40. The van der Waals surface area contributed by atoms with Gasteiger partial charge in [-0.2, -0.15) is 0 Å². The number of non-ortho nitro benzene ring substituents is 1. The van der Waals surface area contributed by atoms with Crippen LogP contribution in [0.4, 0.5) is 5.69 Å². The number of ether oxygens (including phenoxy) is 1. The summed E-state index contributed by atoms with van der Waals surface area (Å²) in [5, 5.41) is 20.4. The van der Waals surface area contributed by atoms with Crippen LogP contribution in [0.1, 0.15) is 18.6 Å². The lowest BCUT2D eigenvalue weighted by Crippen LogP contribution is -1.94. The predicted molar refractivity (Wildman–Crippen MR) is 85.6 cm³/mol. The molecule has 110 valence electrons. The Bertz CT molecular complexity index is 689. The van der Waals surface area contributed by atoms with Gasteiger partial charge in [0.1, 0.15) is 11.5 Å². The number of hydrogen-bond donors (Lipinski definition) is 1. The zero-order chi connectivity index (χ0) is 15.6. The van der Waals surface area contributed by atoms with E-state index < -0.39 is 11.0 Å². The van der Waals surface area contributed by atoms with Crippen LogP contribution in [-0.4, -0.2) is 10.0 Å². The van der Waals surface area contributed by atoms with Gasteiger partial charge >= 0.3 is 0 Å². The fraction of sp³-hybridized carbons (Fsp3) is 0.143. The Kier molecular flexibility index (Phi) is 4.97. The van der Waals surface area contributed by atoms with Gasteiger partial charge in [-0.15, -0.1) is 0 Å². The molecule has 0 fully saturated rings. The molecule has 2 aromatic rings. The minimum Gasteiger partial charge on any atom is -0.456 e. The first-order chi connectivity index (χ1) is 9.88. The zero-order valence-corrected chi connectivity index (χ0v) is 14.1. The van der Waals surface area contributed by atoms with Crippen molar-refractivity contribution < 1.29 is 14.8 Å². The van der Waals surface area contributed by atoms with Gasteiger partial charge in [0, 0.05) is 10.5 Å². The van der Waals surface area contributed by atoms with Gasteiger partial charge in [0.15, 0.2) is 0 Å². The minimum absolute atomic E-state index is 0.0483. The smallest absolute Gasteiger partial charge is 0.273 e. The first-order valence-corrected chi connectivity index (χ1v) is 7.56. The molecule has 2 aromatic carbocycles. The Morgan fingerprint density at radius 2 is 1.90 bits per heavy atom. The maximum absolute atomic E-state index is 10.8. The third-order valence-corrected chi connectivity index (χ3v) is 4.12. The summed E-state index contributed by atoms with van der Waals surface area (Å²) in [5.74, 6) is 0.855. The number of aliphatic hydroxyl groups is 1. The second kappa shape index (κ2) is 6.55. The molecule has 0 saturated heterocycles. The van der Waals surface area contributed by atoms with Crippen LogP contribution >= 0.6 is 31.9 Å². The normalized spacial score (nSPS) is 12.0. The number of aliphatic hydroxyl groups excluding tert-OH is 1. The summed E-state index contributed by atoms with van der Waals surface area (Å²) < 4.78 is 6.97. The highest BCUT2D eigenvalue weighted by Crippen LogP contribution is 2.35. The number of rotatable bonds is 4. The molecule has 0 spiro atoms. The van der Waals surface area contributed by atoms with Gasteiger partial charge in [-0.05, 0) is 46.6 Å². The van der Waals surface area contributed by atoms with Crippen LogP contribution in [0.2, 0.25) is 0 Å². The Balaban J connectivity index is 2.32.